The van der Waals surface area contributed by atoms with Crippen molar-refractivity contribution in [1.82, 2.24) is 45.6 Å². The molecule has 3 heterocycles. The van der Waals surface area contributed by atoms with E-state index in [2.05, 4.69) is 51.4 Å². The number of hydrogen-bond donors (Lipinski definition) is 10. The minimum Gasteiger partial charge on any atom is -0.790 e. The van der Waals surface area contributed by atoms with Crippen LogP contribution in [0.3, 0.4) is 0 Å². The maximum absolute atomic E-state index is 14.1. The molecule has 0 fully saturated rings. The van der Waals surface area contributed by atoms with Crippen molar-refractivity contribution in [1.29, 1.82) is 0 Å². The maximum Gasteiger partial charge on any atom is 1.00 e. The Balaban J connectivity index is -0.000000898. The number of urea groups is 3. The van der Waals surface area contributed by atoms with Gasteiger partial charge in [-0.2, -0.15) is 40.5 Å². The molecule has 0 saturated carbocycles. The average molecular weight is 1960 g/mol. The van der Waals surface area contributed by atoms with Gasteiger partial charge in [0.1, 0.15) is 37.3 Å². The second kappa shape index (κ2) is 61.7. The van der Waals surface area contributed by atoms with Gasteiger partial charge >= 0.3 is 103 Å². The van der Waals surface area contributed by atoms with Crippen LogP contribution >= 0.6 is 56.1 Å². The van der Waals surface area contributed by atoms with Gasteiger partial charge < -0.3 is 84.2 Å². The molecule has 0 aliphatic rings. The van der Waals surface area contributed by atoms with Crippen molar-refractivity contribution in [3.8, 4) is 0 Å². The molecule has 46 heteroatoms. The van der Waals surface area contributed by atoms with Crippen molar-refractivity contribution >= 4 is 142 Å². The molecule has 6 atom stereocenters. The van der Waals surface area contributed by atoms with Crippen molar-refractivity contribution in [2.24, 2.45) is 0 Å². The summed E-state index contributed by atoms with van der Waals surface area (Å²) in [6, 6.07) is 32.8. The van der Waals surface area contributed by atoms with E-state index in [-0.39, 0.29) is 216 Å². The molecule has 9 rings (SSSR count). The Morgan fingerprint density at radius 1 is 0.412 bits per heavy atom. The number of nitrogens with zero attached hydrogens (tertiary/aromatic N) is 6. The topological polar surface area (TPSA) is 449 Å². The Hall–Kier alpha value is -8.14. The number of phosphoric ester groups is 2. The molecule has 9 amide bonds. The Kier molecular flexibility index (Phi) is 60.8. The standard InChI is InChI=1S/C32H43F2N4O8P.C24H27F2N4O8P.C24H26F2N4O5.5CH4.2Na.3H2S/c1-31(2,3)45-47(42,46-32(4,5)6)44-20-25(39)16-24(38(7)29(40)36-18-23-13-10-14-26(33)28(23)34)19-43-30(41)37-27-15-21-11-8-9-12-22(21)17-35-27;1-30(23(32)28-12-17-7-4-8-20(25)22(17)26)18(10-19(31)14-38-39(34,35)36)13-37-24(33)29-21-9-15-5-2-3-6-16(15)11-27-21;1-30(23(33)28-12-17-7-4-8-20(25)22(17)26)18(10-19(32)13-31)14-35-24(34)29-21-9-15-5-2-3-6-16(15)11-27-21;;;;;;;;;;/h8-15,17,24-25,39H,16,18-20H2,1-7H3,(H,36,40)(H,35,37,41);2-9,11,18-19,31H,10,12-14H2,1H3,(H,28,32)(H,27,29,33)(H2,34,35,36);2-9,11,18-19,31-32H,10,12-14H2,1H3,(H,28,33)(H,27,29,34);5*1H4;;;3*1H2/q;;;;;;;;2*+1;;;/p-2/t24-,25+;2*18-,19+;;;;;;;;;;/m000........../s1. The van der Waals surface area contributed by atoms with Crippen molar-refractivity contribution in [3.05, 3.63) is 216 Å². The van der Waals surface area contributed by atoms with E-state index in [1.165, 1.54) is 57.5 Å². The van der Waals surface area contributed by atoms with Gasteiger partial charge in [0.25, 0.3) is 0 Å². The number of aromatic nitrogens is 3. The predicted molar refractivity (Wildman–Crippen MR) is 493 cm³/mol. The summed E-state index contributed by atoms with van der Waals surface area (Å²) in [6.45, 7) is 5.84. The predicted octanol–water partition coefficient (Wildman–Crippen LogP) is 9.19. The Labute approximate surface area is 825 Å². The van der Waals surface area contributed by atoms with Crippen LogP contribution in [-0.4, -0.2) is 195 Å². The van der Waals surface area contributed by atoms with E-state index < -0.39 is 168 Å². The number of anilines is 3. The first-order chi connectivity index (χ1) is 57.0. The third-order valence-corrected chi connectivity index (χ3v) is 19.7. The van der Waals surface area contributed by atoms with Crippen molar-refractivity contribution in [2.75, 3.05) is 76.7 Å². The van der Waals surface area contributed by atoms with E-state index in [4.69, 9.17) is 27.8 Å². The number of nitrogens with one attached hydrogen (secondary N) is 6. The van der Waals surface area contributed by atoms with Crippen LogP contribution in [0.25, 0.3) is 32.3 Å². The fourth-order valence-corrected chi connectivity index (χ4v) is 13.3. The second-order valence-corrected chi connectivity index (χ2v) is 31.7. The second-order valence-electron chi connectivity index (χ2n) is 29.1. The number of benzene rings is 6. The van der Waals surface area contributed by atoms with Gasteiger partial charge in [0, 0.05) is 92.2 Å². The van der Waals surface area contributed by atoms with Crippen LogP contribution in [-0.2, 0) is 61.1 Å². The molecule has 0 saturated heterocycles. The van der Waals surface area contributed by atoms with Crippen LogP contribution in [0.2, 0.25) is 0 Å². The van der Waals surface area contributed by atoms with Crippen LogP contribution in [0.1, 0.15) is 115 Å². The molecule has 0 radical (unpaired) electrons. The number of aliphatic hydroxyl groups excluding tert-OH is 4. The van der Waals surface area contributed by atoms with E-state index in [1.807, 2.05) is 72.8 Å². The Morgan fingerprint density at radius 3 is 0.931 bits per heavy atom. The molecule has 9 aromatic rings. The zero-order valence-corrected chi connectivity index (χ0v) is 79.4. The molecule has 0 aliphatic carbocycles. The van der Waals surface area contributed by atoms with E-state index in [9.17, 15) is 94.5 Å². The molecule has 0 unspecified atom stereocenters. The van der Waals surface area contributed by atoms with E-state index >= 15 is 0 Å². The number of phosphoric acid groups is 2. The summed E-state index contributed by atoms with van der Waals surface area (Å²) in [7, 11) is -5.50. The van der Waals surface area contributed by atoms with Gasteiger partial charge in [-0.05, 0) is 113 Å². The average Bonchev–Trinajstić information content (AvgIpc) is 0.896. The molecular weight excluding hydrogens is 1840 g/mol. The Morgan fingerprint density at radius 2 is 0.672 bits per heavy atom. The van der Waals surface area contributed by atoms with Gasteiger partial charge in [0.05, 0.1) is 75.3 Å². The van der Waals surface area contributed by atoms with Crippen LogP contribution in [0.4, 0.5) is 72.6 Å². The Bertz CT molecular complexity index is 5120. The number of fused-ring (bicyclic) bond motifs is 3. The quantitative estimate of drug-likeness (QED) is 0.00792. The van der Waals surface area contributed by atoms with Gasteiger partial charge in [-0.1, -0.05) is 146 Å². The van der Waals surface area contributed by atoms with Gasteiger partial charge in [-0.3, -0.25) is 29.5 Å². The summed E-state index contributed by atoms with van der Waals surface area (Å²) >= 11 is 0. The molecular formula is C85H120F6N12Na2O21P2S3. The summed E-state index contributed by atoms with van der Waals surface area (Å²) in [5.74, 6) is -5.79. The zero-order valence-electron chi connectivity index (χ0n) is 70.6. The molecule has 0 spiro atoms. The van der Waals surface area contributed by atoms with Gasteiger partial charge in [0.15, 0.2) is 34.9 Å². The normalized spacial score (nSPS) is 12.1. The number of pyridine rings is 3. The van der Waals surface area contributed by atoms with Gasteiger partial charge in [0.2, 0.25) is 0 Å². The number of rotatable bonds is 33. The van der Waals surface area contributed by atoms with Crippen LogP contribution in [0.5, 0.6) is 0 Å². The number of ether oxygens (including phenoxy) is 3. The van der Waals surface area contributed by atoms with Crippen molar-refractivity contribution < 1.29 is 186 Å². The van der Waals surface area contributed by atoms with Gasteiger partial charge in [-0.25, -0.2) is 74.6 Å². The fourth-order valence-electron chi connectivity index (χ4n) is 11.1. The van der Waals surface area contributed by atoms with Crippen LogP contribution in [0, 0.1) is 34.9 Å². The van der Waals surface area contributed by atoms with E-state index in [0.717, 1.165) is 65.2 Å². The summed E-state index contributed by atoms with van der Waals surface area (Å²) in [4.78, 5) is 113. The number of halogens is 6. The minimum atomic E-state index is -5.37. The summed E-state index contributed by atoms with van der Waals surface area (Å²) in [6.07, 6.45) is -2.65. The molecule has 10 N–H and O–H groups in total. The molecule has 6 aromatic carbocycles. The maximum atomic E-state index is 14.1. The largest absolute Gasteiger partial charge is 1.00 e. The number of likely N-dealkylation sites (N-methyl/N-ethyl adjacent to an activating group) is 3. The first-order valence-electron chi connectivity index (χ1n) is 37.2. The third kappa shape index (κ3) is 44.7. The zero-order chi connectivity index (χ0) is 88.9. The van der Waals surface area contributed by atoms with Crippen molar-refractivity contribution in [3.63, 3.8) is 0 Å². The number of amides is 9. The monoisotopic (exact) mass is 1960 g/mol. The molecule has 131 heavy (non-hydrogen) atoms. The molecule has 0 aliphatic heterocycles. The SMILES string of the molecule is C.C.C.C.C.CN(C(=O)NCc1cccc(F)c1F)[C@H](COC(=O)Nc1cc2ccccc2cn1)C[C@@H](O)CO.CN(C(=O)NCc1cccc(F)c1F)[C@H](COC(=O)Nc1cc2ccccc2cn1)C[C@@H](O)COP(=O)(OC(C)(C)C)OC(C)(C)C.CN(C(=O)NCc1cccc(F)c1F)[C@H](COC(=O)Nc1cc2ccccc2cn1)C[C@@H](O)COP(=O)([O-])[O-].S.S.S.[Na+].[Na+]. The van der Waals surface area contributed by atoms with Crippen molar-refractivity contribution in [2.45, 2.75) is 165 Å². The summed E-state index contributed by atoms with van der Waals surface area (Å²) < 4.78 is 143. The molecule has 718 valence electrons. The van der Waals surface area contributed by atoms with Gasteiger partial charge in [-0.15, -0.1) is 0 Å². The number of hydrogen-bond acceptors (Lipinski definition) is 24. The molecule has 33 nitrogen and oxygen atoms in total. The number of aliphatic hydroxyl groups is 4. The van der Waals surface area contributed by atoms with Crippen LogP contribution in [0.15, 0.2) is 164 Å². The third-order valence-electron chi connectivity index (χ3n) is 17.3. The summed E-state index contributed by atoms with van der Waals surface area (Å²) in [5.41, 5.74) is -2.06. The molecule has 3 aromatic heterocycles. The number of carbonyl (C=O) groups is 6. The number of carbonyl (C=O) groups excluding carboxylic acids is 6. The van der Waals surface area contributed by atoms with Crippen LogP contribution < -0.4 is 101 Å². The molecule has 0 bridgehead atoms. The first kappa shape index (κ1) is 129. The smallest absolute Gasteiger partial charge is 0.790 e. The van der Waals surface area contributed by atoms with E-state index in [1.54, 1.807) is 78.3 Å². The summed E-state index contributed by atoms with van der Waals surface area (Å²) in [5, 5.41) is 60.1. The fraction of sp³-hybridized carbons (Fsp3) is 0.400. The first-order valence-corrected chi connectivity index (χ1v) is 40.1. The minimum absolute atomic E-state index is 0. The van der Waals surface area contributed by atoms with E-state index in [0.29, 0.717) is 0 Å².